The van der Waals surface area contributed by atoms with Crippen molar-refractivity contribution in [3.05, 3.63) is 65.7 Å². The maximum Gasteiger partial charge on any atom is 0.0995 e. The summed E-state index contributed by atoms with van der Waals surface area (Å²) in [5.41, 5.74) is 4.51. The van der Waals surface area contributed by atoms with Gasteiger partial charge in [0.15, 0.2) is 0 Å². The van der Waals surface area contributed by atoms with E-state index in [4.69, 9.17) is 0 Å². The van der Waals surface area contributed by atoms with Crippen LogP contribution >= 0.6 is 15.9 Å². The number of aromatic nitrogens is 1. The smallest absolute Gasteiger partial charge is 0.0995 e. The van der Waals surface area contributed by atoms with Crippen molar-refractivity contribution in [2.24, 2.45) is 0 Å². The minimum Gasteiger partial charge on any atom is -0.248 e. The van der Waals surface area contributed by atoms with Gasteiger partial charge in [0.1, 0.15) is 0 Å². The van der Waals surface area contributed by atoms with Crippen molar-refractivity contribution in [2.45, 2.75) is 5.33 Å². The third kappa shape index (κ3) is 2.31. The van der Waals surface area contributed by atoms with Gasteiger partial charge in [-0.25, -0.2) is 4.98 Å². The fourth-order valence-corrected chi connectivity index (χ4v) is 2.67. The van der Waals surface area contributed by atoms with Crippen LogP contribution in [-0.2, 0) is 5.33 Å². The number of pyridine rings is 1. The molecule has 3 heteroatoms. The molecule has 0 fully saturated rings. The number of benzene rings is 2. The Morgan fingerprint density at radius 3 is 2.70 bits per heavy atom. The molecule has 2 nitrogen and oxygen atoms in total. The molecule has 3 rings (SSSR count). The van der Waals surface area contributed by atoms with E-state index in [1.807, 2.05) is 48.5 Å². The normalized spacial score (nSPS) is 10.4. The van der Waals surface area contributed by atoms with Crippen molar-refractivity contribution in [3.8, 4) is 17.3 Å². The predicted octanol–water partition coefficient (Wildman–Crippen LogP) is 4.67. The van der Waals surface area contributed by atoms with E-state index in [1.54, 1.807) is 0 Å². The standard InChI is InChI=1S/C17H11BrN2/c18-10-14-6-5-13(9-15(14)11-19)17-8-7-12-3-1-2-4-16(12)20-17/h1-9H,10H2. The van der Waals surface area contributed by atoms with Gasteiger partial charge in [0, 0.05) is 16.3 Å². The molecule has 0 atom stereocenters. The van der Waals surface area contributed by atoms with E-state index in [0.29, 0.717) is 10.9 Å². The highest BCUT2D eigenvalue weighted by molar-refractivity contribution is 9.08. The maximum absolute atomic E-state index is 9.20. The molecule has 0 aliphatic heterocycles. The van der Waals surface area contributed by atoms with Crippen LogP contribution in [0.2, 0.25) is 0 Å². The van der Waals surface area contributed by atoms with Gasteiger partial charge in [-0.2, -0.15) is 5.26 Å². The first-order valence-corrected chi connectivity index (χ1v) is 7.39. The highest BCUT2D eigenvalue weighted by Crippen LogP contribution is 2.24. The Kier molecular flexibility index (Phi) is 3.49. The minimum absolute atomic E-state index is 0.682. The van der Waals surface area contributed by atoms with Gasteiger partial charge >= 0.3 is 0 Å². The highest BCUT2D eigenvalue weighted by Gasteiger charge is 2.06. The van der Waals surface area contributed by atoms with Crippen LogP contribution in [0.25, 0.3) is 22.2 Å². The monoisotopic (exact) mass is 322 g/mol. The van der Waals surface area contributed by atoms with E-state index in [-0.39, 0.29) is 0 Å². The van der Waals surface area contributed by atoms with Crippen molar-refractivity contribution < 1.29 is 0 Å². The number of rotatable bonds is 2. The van der Waals surface area contributed by atoms with Gasteiger partial charge in [0.05, 0.1) is 22.8 Å². The third-order valence-corrected chi connectivity index (χ3v) is 3.87. The van der Waals surface area contributed by atoms with Crippen molar-refractivity contribution in [1.82, 2.24) is 4.98 Å². The second kappa shape index (κ2) is 5.44. The highest BCUT2D eigenvalue weighted by atomic mass is 79.9. The number of hydrogen-bond acceptors (Lipinski definition) is 2. The van der Waals surface area contributed by atoms with Crippen molar-refractivity contribution in [2.75, 3.05) is 0 Å². The van der Waals surface area contributed by atoms with Crippen LogP contribution in [0.1, 0.15) is 11.1 Å². The van der Waals surface area contributed by atoms with Gasteiger partial charge in [-0.3, -0.25) is 0 Å². The Bertz CT molecular complexity index is 819. The Balaban J connectivity index is 2.13. The average Bonchev–Trinajstić information content (AvgIpc) is 2.53. The van der Waals surface area contributed by atoms with Crippen LogP contribution in [-0.4, -0.2) is 4.98 Å². The Hall–Kier alpha value is -2.18. The van der Waals surface area contributed by atoms with Gasteiger partial charge in [-0.15, -0.1) is 0 Å². The van der Waals surface area contributed by atoms with Gasteiger partial charge < -0.3 is 0 Å². The SMILES string of the molecule is N#Cc1cc(-c2ccc3ccccc3n2)ccc1CBr. The lowest BCUT2D eigenvalue weighted by Crippen LogP contribution is -1.90. The van der Waals surface area contributed by atoms with Crippen LogP contribution < -0.4 is 0 Å². The Labute approximate surface area is 125 Å². The minimum atomic E-state index is 0.682. The van der Waals surface area contributed by atoms with Crippen LogP contribution in [0.5, 0.6) is 0 Å². The molecule has 0 bridgehead atoms. The zero-order valence-electron chi connectivity index (χ0n) is 10.7. The molecule has 0 radical (unpaired) electrons. The molecular weight excluding hydrogens is 312 g/mol. The van der Waals surface area contributed by atoms with Crippen LogP contribution in [0.4, 0.5) is 0 Å². The van der Waals surface area contributed by atoms with E-state index < -0.39 is 0 Å². The lowest BCUT2D eigenvalue weighted by molar-refractivity contribution is 1.35. The lowest BCUT2D eigenvalue weighted by atomic mass is 10.0. The van der Waals surface area contributed by atoms with E-state index in [2.05, 4.69) is 33.0 Å². The van der Waals surface area contributed by atoms with E-state index >= 15 is 0 Å². The molecule has 0 saturated heterocycles. The topological polar surface area (TPSA) is 36.7 Å². The molecule has 96 valence electrons. The zero-order valence-corrected chi connectivity index (χ0v) is 12.3. The summed E-state index contributed by atoms with van der Waals surface area (Å²) in [5.74, 6) is 0. The fraction of sp³-hybridized carbons (Fsp3) is 0.0588. The van der Waals surface area contributed by atoms with E-state index in [9.17, 15) is 5.26 Å². The molecule has 0 unspecified atom stereocenters. The summed E-state index contributed by atoms with van der Waals surface area (Å²) in [4.78, 5) is 4.66. The number of fused-ring (bicyclic) bond motifs is 1. The summed E-state index contributed by atoms with van der Waals surface area (Å²) in [6.07, 6.45) is 0. The Morgan fingerprint density at radius 1 is 1.05 bits per heavy atom. The van der Waals surface area contributed by atoms with Gasteiger partial charge in [-0.05, 0) is 23.8 Å². The van der Waals surface area contributed by atoms with E-state index in [0.717, 1.165) is 27.7 Å². The summed E-state index contributed by atoms with van der Waals surface area (Å²) >= 11 is 3.40. The number of halogens is 1. The molecule has 3 aromatic rings. The van der Waals surface area contributed by atoms with Crippen LogP contribution in [0, 0.1) is 11.3 Å². The van der Waals surface area contributed by atoms with Crippen molar-refractivity contribution in [1.29, 1.82) is 5.26 Å². The summed E-state index contributed by atoms with van der Waals surface area (Å²) in [7, 11) is 0. The second-order valence-corrected chi connectivity index (χ2v) is 5.07. The molecule has 0 amide bonds. The molecule has 0 N–H and O–H groups in total. The van der Waals surface area contributed by atoms with Crippen molar-refractivity contribution >= 4 is 26.8 Å². The Morgan fingerprint density at radius 2 is 1.90 bits per heavy atom. The first kappa shape index (κ1) is 12.8. The van der Waals surface area contributed by atoms with Crippen molar-refractivity contribution in [3.63, 3.8) is 0 Å². The third-order valence-electron chi connectivity index (χ3n) is 3.27. The molecule has 0 spiro atoms. The summed E-state index contributed by atoms with van der Waals surface area (Å²) in [6.45, 7) is 0. The number of hydrogen-bond donors (Lipinski definition) is 0. The van der Waals surface area contributed by atoms with Crippen LogP contribution in [0.15, 0.2) is 54.6 Å². The number of nitriles is 1. The molecule has 0 aliphatic carbocycles. The molecule has 1 heterocycles. The molecule has 1 aromatic heterocycles. The predicted molar refractivity (Wildman–Crippen MR) is 84.5 cm³/mol. The lowest BCUT2D eigenvalue weighted by Gasteiger charge is -2.06. The number of para-hydroxylation sites is 1. The van der Waals surface area contributed by atoms with Gasteiger partial charge in [0.25, 0.3) is 0 Å². The molecular formula is C17H11BrN2. The summed E-state index contributed by atoms with van der Waals surface area (Å²) in [5, 5.41) is 11.0. The quantitative estimate of drug-likeness (QED) is 0.643. The zero-order chi connectivity index (χ0) is 13.9. The fourth-order valence-electron chi connectivity index (χ4n) is 2.18. The molecule has 0 aliphatic rings. The van der Waals surface area contributed by atoms with E-state index in [1.165, 1.54) is 0 Å². The van der Waals surface area contributed by atoms with Gasteiger partial charge in [0.2, 0.25) is 0 Å². The largest absolute Gasteiger partial charge is 0.248 e. The molecule has 20 heavy (non-hydrogen) atoms. The van der Waals surface area contributed by atoms with Gasteiger partial charge in [-0.1, -0.05) is 52.3 Å². The summed E-state index contributed by atoms with van der Waals surface area (Å²) in [6, 6.07) is 20.2. The first-order valence-electron chi connectivity index (χ1n) is 6.27. The number of nitrogens with zero attached hydrogens (tertiary/aromatic N) is 2. The number of alkyl halides is 1. The maximum atomic E-state index is 9.20. The first-order chi connectivity index (χ1) is 9.81. The second-order valence-electron chi connectivity index (χ2n) is 4.51. The summed E-state index contributed by atoms with van der Waals surface area (Å²) < 4.78 is 0. The average molecular weight is 323 g/mol. The molecule has 2 aromatic carbocycles. The van der Waals surface area contributed by atoms with Crippen LogP contribution in [0.3, 0.4) is 0 Å². The molecule has 0 saturated carbocycles.